The second-order valence-corrected chi connectivity index (χ2v) is 6.32. The van der Waals surface area contributed by atoms with E-state index in [0.717, 1.165) is 31.4 Å². The Morgan fingerprint density at radius 3 is 2.95 bits per heavy atom. The van der Waals surface area contributed by atoms with Crippen LogP contribution in [0.1, 0.15) is 31.2 Å². The van der Waals surface area contributed by atoms with Crippen molar-refractivity contribution in [2.75, 3.05) is 39.3 Å². The van der Waals surface area contributed by atoms with E-state index in [1.165, 1.54) is 38.0 Å². The summed E-state index contributed by atoms with van der Waals surface area (Å²) in [6.45, 7) is 9.15. The van der Waals surface area contributed by atoms with Gasteiger partial charge in [0.15, 0.2) is 0 Å². The summed E-state index contributed by atoms with van der Waals surface area (Å²) in [5, 5.41) is 3.64. The molecule has 0 amide bonds. The SMILES string of the molecule is CC(CNCC1COc2ccccc21)CN1CCCC1. The zero-order chi connectivity index (χ0) is 13.8. The number of ether oxygens (including phenoxy) is 1. The van der Waals surface area contributed by atoms with Gasteiger partial charge < -0.3 is 15.0 Å². The molecule has 3 nitrogen and oxygen atoms in total. The van der Waals surface area contributed by atoms with E-state index in [-0.39, 0.29) is 0 Å². The van der Waals surface area contributed by atoms with Gasteiger partial charge in [0, 0.05) is 24.6 Å². The molecule has 0 spiro atoms. The van der Waals surface area contributed by atoms with Gasteiger partial charge in [-0.3, -0.25) is 0 Å². The summed E-state index contributed by atoms with van der Waals surface area (Å²) < 4.78 is 5.73. The van der Waals surface area contributed by atoms with Crippen LogP contribution in [0, 0.1) is 5.92 Å². The van der Waals surface area contributed by atoms with Gasteiger partial charge in [0.1, 0.15) is 5.75 Å². The molecule has 2 unspecified atom stereocenters. The molecule has 2 atom stereocenters. The van der Waals surface area contributed by atoms with E-state index >= 15 is 0 Å². The highest BCUT2D eigenvalue weighted by Crippen LogP contribution is 2.32. The second kappa shape index (κ2) is 6.59. The molecule has 1 aromatic carbocycles. The molecule has 1 aromatic rings. The van der Waals surface area contributed by atoms with Gasteiger partial charge in [-0.25, -0.2) is 0 Å². The molecule has 1 saturated heterocycles. The molecule has 0 bridgehead atoms. The number of fused-ring (bicyclic) bond motifs is 1. The van der Waals surface area contributed by atoms with E-state index in [4.69, 9.17) is 4.74 Å². The van der Waals surface area contributed by atoms with Crippen molar-refractivity contribution in [3.05, 3.63) is 29.8 Å². The fraction of sp³-hybridized carbons (Fsp3) is 0.647. The van der Waals surface area contributed by atoms with Crippen LogP contribution in [0.2, 0.25) is 0 Å². The van der Waals surface area contributed by atoms with Crippen molar-refractivity contribution in [3.8, 4) is 5.75 Å². The molecular weight excluding hydrogens is 248 g/mol. The monoisotopic (exact) mass is 274 g/mol. The van der Waals surface area contributed by atoms with Gasteiger partial charge in [-0.15, -0.1) is 0 Å². The molecule has 2 aliphatic heterocycles. The second-order valence-electron chi connectivity index (χ2n) is 6.32. The number of para-hydroxylation sites is 1. The van der Waals surface area contributed by atoms with Crippen LogP contribution < -0.4 is 10.1 Å². The molecule has 1 N–H and O–H groups in total. The summed E-state index contributed by atoms with van der Waals surface area (Å²) in [6, 6.07) is 8.43. The van der Waals surface area contributed by atoms with Crippen molar-refractivity contribution < 1.29 is 4.74 Å². The highest BCUT2D eigenvalue weighted by Gasteiger charge is 2.23. The average molecular weight is 274 g/mol. The number of rotatable bonds is 6. The summed E-state index contributed by atoms with van der Waals surface area (Å²) in [4.78, 5) is 2.60. The highest BCUT2D eigenvalue weighted by atomic mass is 16.5. The number of nitrogens with one attached hydrogen (secondary N) is 1. The van der Waals surface area contributed by atoms with E-state index in [9.17, 15) is 0 Å². The summed E-state index contributed by atoms with van der Waals surface area (Å²) in [7, 11) is 0. The fourth-order valence-corrected chi connectivity index (χ4v) is 3.37. The molecule has 0 aromatic heterocycles. The predicted molar refractivity (Wildman–Crippen MR) is 82.4 cm³/mol. The maximum atomic E-state index is 5.73. The zero-order valence-corrected chi connectivity index (χ0v) is 12.5. The lowest BCUT2D eigenvalue weighted by atomic mass is 10.0. The first-order valence-corrected chi connectivity index (χ1v) is 7.97. The molecule has 3 heteroatoms. The Kier molecular flexibility index (Phi) is 4.58. The van der Waals surface area contributed by atoms with Crippen LogP contribution in [0.15, 0.2) is 24.3 Å². The van der Waals surface area contributed by atoms with Gasteiger partial charge in [0.05, 0.1) is 6.61 Å². The standard InChI is InChI=1S/C17H26N2O/c1-14(12-19-8-4-5-9-19)10-18-11-15-13-20-17-7-3-2-6-16(15)17/h2-3,6-7,14-15,18H,4-5,8-13H2,1H3. The maximum Gasteiger partial charge on any atom is 0.122 e. The molecule has 0 saturated carbocycles. The van der Waals surface area contributed by atoms with Gasteiger partial charge in [-0.1, -0.05) is 25.1 Å². The fourth-order valence-electron chi connectivity index (χ4n) is 3.37. The topological polar surface area (TPSA) is 24.5 Å². The van der Waals surface area contributed by atoms with Crippen molar-refractivity contribution in [2.24, 2.45) is 5.92 Å². The van der Waals surface area contributed by atoms with Gasteiger partial charge in [0.2, 0.25) is 0 Å². The lowest BCUT2D eigenvalue weighted by molar-refractivity contribution is 0.278. The van der Waals surface area contributed by atoms with Crippen molar-refractivity contribution in [1.29, 1.82) is 0 Å². The molecule has 0 aliphatic carbocycles. The molecule has 3 rings (SSSR count). The van der Waals surface area contributed by atoms with E-state index in [0.29, 0.717) is 5.92 Å². The first-order valence-electron chi connectivity index (χ1n) is 7.97. The number of nitrogens with zero attached hydrogens (tertiary/aromatic N) is 1. The Morgan fingerprint density at radius 2 is 2.10 bits per heavy atom. The molecular formula is C17H26N2O. The number of hydrogen-bond donors (Lipinski definition) is 1. The average Bonchev–Trinajstić information content (AvgIpc) is 3.09. The smallest absolute Gasteiger partial charge is 0.122 e. The minimum Gasteiger partial charge on any atom is -0.493 e. The molecule has 0 radical (unpaired) electrons. The molecule has 2 aliphatic rings. The van der Waals surface area contributed by atoms with Crippen LogP contribution in [0.25, 0.3) is 0 Å². The third-order valence-corrected chi connectivity index (χ3v) is 4.45. The first-order chi connectivity index (χ1) is 9.83. The summed E-state index contributed by atoms with van der Waals surface area (Å²) in [6.07, 6.45) is 2.77. The number of hydrogen-bond acceptors (Lipinski definition) is 3. The summed E-state index contributed by atoms with van der Waals surface area (Å²) >= 11 is 0. The Morgan fingerprint density at radius 1 is 1.30 bits per heavy atom. The maximum absolute atomic E-state index is 5.73. The van der Waals surface area contributed by atoms with Crippen molar-refractivity contribution in [1.82, 2.24) is 10.2 Å². The minimum atomic E-state index is 0.519. The van der Waals surface area contributed by atoms with E-state index in [1.807, 2.05) is 6.07 Å². The lowest BCUT2D eigenvalue weighted by Crippen LogP contribution is -2.33. The Bertz CT molecular complexity index is 429. The normalized spacial score (nSPS) is 23.6. The molecule has 110 valence electrons. The Balaban J connectivity index is 1.40. The lowest BCUT2D eigenvalue weighted by Gasteiger charge is -2.21. The van der Waals surface area contributed by atoms with Crippen LogP contribution in [-0.4, -0.2) is 44.2 Å². The van der Waals surface area contributed by atoms with Gasteiger partial charge in [0.25, 0.3) is 0 Å². The van der Waals surface area contributed by atoms with E-state index < -0.39 is 0 Å². The van der Waals surface area contributed by atoms with Crippen LogP contribution >= 0.6 is 0 Å². The molecule has 20 heavy (non-hydrogen) atoms. The minimum absolute atomic E-state index is 0.519. The third kappa shape index (κ3) is 3.33. The Hall–Kier alpha value is -1.06. The van der Waals surface area contributed by atoms with E-state index in [1.54, 1.807) is 0 Å². The quantitative estimate of drug-likeness (QED) is 0.862. The molecule has 2 heterocycles. The van der Waals surface area contributed by atoms with Crippen molar-refractivity contribution in [2.45, 2.75) is 25.7 Å². The van der Waals surface area contributed by atoms with Gasteiger partial charge in [-0.05, 0) is 44.5 Å². The highest BCUT2D eigenvalue weighted by molar-refractivity contribution is 5.39. The molecule has 1 fully saturated rings. The summed E-state index contributed by atoms with van der Waals surface area (Å²) in [5.41, 5.74) is 1.37. The first kappa shape index (κ1) is 13.9. The van der Waals surface area contributed by atoms with Crippen LogP contribution in [-0.2, 0) is 0 Å². The number of benzene rings is 1. The zero-order valence-electron chi connectivity index (χ0n) is 12.5. The van der Waals surface area contributed by atoms with Gasteiger partial charge in [-0.2, -0.15) is 0 Å². The summed E-state index contributed by atoms with van der Waals surface area (Å²) in [5.74, 6) is 2.32. The third-order valence-electron chi connectivity index (χ3n) is 4.45. The largest absolute Gasteiger partial charge is 0.493 e. The van der Waals surface area contributed by atoms with Gasteiger partial charge >= 0.3 is 0 Å². The van der Waals surface area contributed by atoms with Crippen LogP contribution in [0.4, 0.5) is 0 Å². The number of likely N-dealkylation sites (tertiary alicyclic amines) is 1. The van der Waals surface area contributed by atoms with Crippen molar-refractivity contribution >= 4 is 0 Å². The van der Waals surface area contributed by atoms with Crippen molar-refractivity contribution in [3.63, 3.8) is 0 Å². The predicted octanol–water partition coefficient (Wildman–Crippen LogP) is 2.48. The van der Waals surface area contributed by atoms with Crippen LogP contribution in [0.5, 0.6) is 5.75 Å². The van der Waals surface area contributed by atoms with E-state index in [2.05, 4.69) is 35.3 Å². The van der Waals surface area contributed by atoms with Crippen LogP contribution in [0.3, 0.4) is 0 Å². The Labute approximate surface area is 122 Å².